The Bertz CT molecular complexity index is 565. The quantitative estimate of drug-likeness (QED) is 0.650. The second kappa shape index (κ2) is 8.55. The van der Waals surface area contributed by atoms with Crippen molar-refractivity contribution in [2.24, 2.45) is 0 Å². The number of rotatable bonds is 7. The Hall–Kier alpha value is -1.51. The number of nitrogens with one attached hydrogen (secondary N) is 2. The molecular weight excluding hydrogens is 335 g/mol. The maximum absolute atomic E-state index is 13.6. The molecule has 0 saturated carbocycles. The van der Waals surface area contributed by atoms with Gasteiger partial charge in [0.05, 0.1) is 12.6 Å². The highest BCUT2D eigenvalue weighted by atomic mass is 32.2. The molecule has 0 aliphatic heterocycles. The lowest BCUT2D eigenvalue weighted by Gasteiger charge is -2.27. The molecule has 0 radical (unpaired) electrons. The third-order valence-electron chi connectivity index (χ3n) is 3.15. The van der Waals surface area contributed by atoms with E-state index >= 15 is 0 Å². The highest BCUT2D eigenvalue weighted by Gasteiger charge is 2.29. The van der Waals surface area contributed by atoms with Gasteiger partial charge in [-0.05, 0) is 52.8 Å². The number of hydrogen-bond donors (Lipinski definition) is 3. The molecule has 0 saturated heterocycles. The Morgan fingerprint density at radius 3 is 2.58 bits per heavy atom. The first kappa shape index (κ1) is 20.5. The van der Waals surface area contributed by atoms with Crippen molar-refractivity contribution in [1.29, 1.82) is 0 Å². The summed E-state index contributed by atoms with van der Waals surface area (Å²) in [5.74, 6) is -0.00847. The molecule has 8 heteroatoms. The molecule has 3 atom stereocenters. The lowest BCUT2D eigenvalue weighted by molar-refractivity contribution is 0.177. The normalized spacial score (nSPS) is 15.5. The van der Waals surface area contributed by atoms with Gasteiger partial charge in [-0.3, -0.25) is 0 Å². The van der Waals surface area contributed by atoms with Gasteiger partial charge in [-0.25, -0.2) is 9.18 Å². The Morgan fingerprint density at radius 2 is 2.04 bits per heavy atom. The summed E-state index contributed by atoms with van der Waals surface area (Å²) in [6, 6.07) is 3.67. The predicted octanol–water partition coefficient (Wildman–Crippen LogP) is 2.97. The smallest absolute Gasteiger partial charge is 0.404 e. The van der Waals surface area contributed by atoms with Crippen molar-refractivity contribution in [3.8, 4) is 5.75 Å². The Morgan fingerprint density at radius 1 is 1.42 bits per heavy atom. The highest BCUT2D eigenvalue weighted by Crippen LogP contribution is 2.29. The van der Waals surface area contributed by atoms with E-state index in [1.807, 2.05) is 20.8 Å². The Balaban J connectivity index is 2.89. The summed E-state index contributed by atoms with van der Waals surface area (Å²) < 4.78 is 34.0. The number of ether oxygens (including phenoxy) is 1. The average molecular weight is 360 g/mol. The zero-order valence-electron chi connectivity index (χ0n) is 14.6. The first-order valence-corrected chi connectivity index (χ1v) is 8.76. The zero-order valence-corrected chi connectivity index (χ0v) is 15.4. The van der Waals surface area contributed by atoms with E-state index in [2.05, 4.69) is 10.0 Å². The summed E-state index contributed by atoms with van der Waals surface area (Å²) in [5, 5.41) is 10.9. The molecule has 6 nitrogen and oxygen atoms in total. The maximum atomic E-state index is 13.6. The van der Waals surface area contributed by atoms with E-state index in [9.17, 15) is 13.7 Å². The van der Waals surface area contributed by atoms with Crippen LogP contribution in [-0.2, 0) is 11.4 Å². The first-order chi connectivity index (χ1) is 11.0. The van der Waals surface area contributed by atoms with Crippen LogP contribution in [0.4, 0.5) is 9.18 Å². The summed E-state index contributed by atoms with van der Waals surface area (Å²) in [5.41, 5.74) is 0.523. The van der Waals surface area contributed by atoms with E-state index in [1.54, 1.807) is 13.8 Å². The minimum absolute atomic E-state index is 0.0991. The van der Waals surface area contributed by atoms with Gasteiger partial charge in [0.15, 0.2) is 0 Å². The number of carboxylic acid groups (broad SMARTS) is 1. The topological polar surface area (TPSA) is 93.7 Å². The second-order valence-corrected chi connectivity index (χ2v) is 8.52. The van der Waals surface area contributed by atoms with E-state index in [0.29, 0.717) is 11.3 Å². The fourth-order valence-electron chi connectivity index (χ4n) is 1.86. The van der Waals surface area contributed by atoms with Crippen molar-refractivity contribution in [2.75, 3.05) is 6.54 Å². The first-order valence-electron chi connectivity index (χ1n) is 7.61. The fraction of sp³-hybridized carbons (Fsp3) is 0.562. The van der Waals surface area contributed by atoms with Crippen molar-refractivity contribution in [2.45, 2.75) is 51.5 Å². The van der Waals surface area contributed by atoms with E-state index in [-0.39, 0.29) is 6.54 Å². The molecule has 1 rings (SSSR count). The van der Waals surface area contributed by atoms with Crippen LogP contribution in [0.2, 0.25) is 0 Å². The van der Waals surface area contributed by atoms with E-state index < -0.39 is 40.2 Å². The third-order valence-corrected chi connectivity index (χ3v) is 4.83. The molecule has 0 aliphatic rings. The van der Waals surface area contributed by atoms with Gasteiger partial charge in [0.25, 0.3) is 0 Å². The van der Waals surface area contributed by atoms with Gasteiger partial charge >= 0.3 is 6.09 Å². The number of carbonyl (C=O) groups is 1. The molecule has 0 heterocycles. The van der Waals surface area contributed by atoms with Crippen LogP contribution >= 0.6 is 0 Å². The monoisotopic (exact) mass is 360 g/mol. The van der Waals surface area contributed by atoms with Crippen LogP contribution in [0.3, 0.4) is 0 Å². The third kappa shape index (κ3) is 6.54. The molecule has 1 aromatic rings. The Labute approximate surface area is 145 Å². The minimum Gasteiger partial charge on any atom is -0.598 e. The maximum Gasteiger partial charge on any atom is 0.404 e. The molecular formula is C16H25FN2O4S. The summed E-state index contributed by atoms with van der Waals surface area (Å²) in [4.78, 5) is 10.5. The summed E-state index contributed by atoms with van der Waals surface area (Å²) in [7, 11) is 0. The predicted molar refractivity (Wildman–Crippen MR) is 92.0 cm³/mol. The molecule has 1 unspecified atom stereocenters. The van der Waals surface area contributed by atoms with Gasteiger partial charge < -0.3 is 19.7 Å². The molecule has 0 spiro atoms. The van der Waals surface area contributed by atoms with Crippen molar-refractivity contribution in [1.82, 2.24) is 10.0 Å². The van der Waals surface area contributed by atoms with Gasteiger partial charge in [-0.15, -0.1) is 4.72 Å². The van der Waals surface area contributed by atoms with Gasteiger partial charge in [-0.1, -0.05) is 0 Å². The van der Waals surface area contributed by atoms with Gasteiger partial charge in [0.2, 0.25) is 0 Å². The standard InChI is InChI=1S/C16H25FN2O4S/c1-10(9-18-15(20)21)23-14-7-6-12(17)8-13(14)11(2)19-24(22)16(3,4)5/h6-8,10-11,18-19H,9H2,1-5H3,(H,20,21)/t10?,11-,24+/m1/s1. The average Bonchev–Trinajstić information content (AvgIpc) is 2.45. The fourth-order valence-corrected chi connectivity index (χ4v) is 2.66. The van der Waals surface area contributed by atoms with Crippen molar-refractivity contribution >= 4 is 17.5 Å². The lowest BCUT2D eigenvalue weighted by Crippen LogP contribution is -2.40. The van der Waals surface area contributed by atoms with Crippen LogP contribution in [0.1, 0.15) is 46.2 Å². The van der Waals surface area contributed by atoms with Crippen molar-refractivity contribution in [3.63, 3.8) is 0 Å². The molecule has 1 aromatic carbocycles. The van der Waals surface area contributed by atoms with Gasteiger partial charge in [0.1, 0.15) is 22.4 Å². The zero-order chi connectivity index (χ0) is 18.5. The molecule has 1 amide bonds. The summed E-state index contributed by atoms with van der Waals surface area (Å²) in [6.07, 6.45) is -1.58. The van der Waals surface area contributed by atoms with Crippen LogP contribution in [0, 0.1) is 5.82 Å². The molecule has 0 fully saturated rings. The molecule has 0 aliphatic carbocycles. The van der Waals surface area contributed by atoms with E-state index in [4.69, 9.17) is 9.84 Å². The number of amides is 1. The number of halogens is 1. The minimum atomic E-state index is -1.32. The van der Waals surface area contributed by atoms with Crippen LogP contribution in [0.25, 0.3) is 0 Å². The largest absolute Gasteiger partial charge is 0.598 e. The lowest BCUT2D eigenvalue weighted by atomic mass is 10.1. The molecule has 3 N–H and O–H groups in total. The Kier molecular flexibility index (Phi) is 7.31. The molecule has 136 valence electrons. The van der Waals surface area contributed by atoms with Crippen LogP contribution in [0.5, 0.6) is 5.75 Å². The van der Waals surface area contributed by atoms with Gasteiger partial charge in [0, 0.05) is 16.9 Å². The molecule has 24 heavy (non-hydrogen) atoms. The van der Waals surface area contributed by atoms with Crippen molar-refractivity contribution < 1.29 is 23.6 Å². The summed E-state index contributed by atoms with van der Waals surface area (Å²) >= 11 is -1.32. The molecule has 0 aromatic heterocycles. The second-order valence-electron chi connectivity index (χ2n) is 6.52. The number of hydrogen-bond acceptors (Lipinski definition) is 4. The van der Waals surface area contributed by atoms with E-state index in [1.165, 1.54) is 18.2 Å². The molecule has 0 bridgehead atoms. The number of benzene rings is 1. The van der Waals surface area contributed by atoms with Crippen LogP contribution in [0.15, 0.2) is 18.2 Å². The van der Waals surface area contributed by atoms with Crippen LogP contribution in [-0.4, -0.2) is 33.1 Å². The summed E-state index contributed by atoms with van der Waals surface area (Å²) in [6.45, 7) is 9.09. The van der Waals surface area contributed by atoms with Gasteiger partial charge in [-0.2, -0.15) is 0 Å². The highest BCUT2D eigenvalue weighted by molar-refractivity contribution is 7.90. The van der Waals surface area contributed by atoms with Crippen molar-refractivity contribution in [3.05, 3.63) is 29.6 Å². The van der Waals surface area contributed by atoms with E-state index in [0.717, 1.165) is 0 Å². The van der Waals surface area contributed by atoms with Crippen LogP contribution < -0.4 is 14.8 Å². The SMILES string of the molecule is CC(CNC(=O)O)Oc1ccc(F)cc1[C@@H](C)N[S@@+]([O-])C(C)(C)C.